The molecule has 9 heteroatoms. The molecule has 0 N–H and O–H groups in total. The summed E-state index contributed by atoms with van der Waals surface area (Å²) in [5.41, 5.74) is 2.41. The smallest absolute Gasteiger partial charge is 0.233 e. The minimum atomic E-state index is 0.183. The van der Waals surface area contributed by atoms with Gasteiger partial charge in [-0.3, -0.25) is 9.69 Å². The highest BCUT2D eigenvalue weighted by Gasteiger charge is 2.23. The summed E-state index contributed by atoms with van der Waals surface area (Å²) in [6, 6.07) is 4.08. The molecule has 32 heavy (non-hydrogen) atoms. The maximum Gasteiger partial charge on any atom is 0.233 e. The molecule has 2 aromatic rings. The highest BCUT2D eigenvalue weighted by Crippen LogP contribution is 2.31. The van der Waals surface area contributed by atoms with Gasteiger partial charge in [0.1, 0.15) is 5.82 Å². The molecule has 1 fully saturated rings. The first-order valence-electron chi connectivity index (χ1n) is 11.4. The Morgan fingerprint density at radius 2 is 1.75 bits per heavy atom. The molecule has 0 bridgehead atoms. The Hall–Kier alpha value is -2.26. The van der Waals surface area contributed by atoms with E-state index >= 15 is 0 Å². The van der Waals surface area contributed by atoms with E-state index in [4.69, 9.17) is 9.47 Å². The van der Waals surface area contributed by atoms with Gasteiger partial charge in [-0.25, -0.2) is 0 Å². The van der Waals surface area contributed by atoms with Crippen molar-refractivity contribution in [3.8, 4) is 11.5 Å². The van der Waals surface area contributed by atoms with E-state index in [1.165, 1.54) is 35.7 Å². The van der Waals surface area contributed by atoms with E-state index in [2.05, 4.69) is 32.7 Å². The summed E-state index contributed by atoms with van der Waals surface area (Å²) in [5.74, 6) is 3.18. The minimum absolute atomic E-state index is 0.183. The first-order chi connectivity index (χ1) is 15.6. The fraction of sp³-hybridized carbons (Fsp3) is 0.609. The monoisotopic (exact) mass is 459 g/mol. The lowest BCUT2D eigenvalue weighted by Crippen LogP contribution is -2.48. The van der Waals surface area contributed by atoms with Gasteiger partial charge in [0, 0.05) is 45.7 Å². The van der Waals surface area contributed by atoms with Crippen LogP contribution in [0.25, 0.3) is 0 Å². The molecule has 0 radical (unpaired) electrons. The first-order valence-corrected chi connectivity index (χ1v) is 12.3. The van der Waals surface area contributed by atoms with Gasteiger partial charge < -0.3 is 18.9 Å². The van der Waals surface area contributed by atoms with Gasteiger partial charge in [0.2, 0.25) is 5.91 Å². The lowest BCUT2D eigenvalue weighted by Gasteiger charge is -2.35. The summed E-state index contributed by atoms with van der Waals surface area (Å²) >= 11 is 1.52. The van der Waals surface area contributed by atoms with E-state index < -0.39 is 0 Å². The summed E-state index contributed by atoms with van der Waals surface area (Å²) in [5, 5.41) is 9.55. The van der Waals surface area contributed by atoms with Crippen LogP contribution in [0.5, 0.6) is 11.5 Å². The normalized spacial score (nSPS) is 17.0. The molecule has 0 saturated carbocycles. The molecule has 3 heterocycles. The molecule has 0 spiro atoms. The number of fused-ring (bicyclic) bond motifs is 1. The number of methoxy groups -OCH3 is 2. The van der Waals surface area contributed by atoms with Crippen molar-refractivity contribution in [3.63, 3.8) is 0 Å². The average Bonchev–Trinajstić information content (AvgIpc) is 3.04. The molecule has 8 nitrogen and oxygen atoms in total. The number of carbonyl (C=O) groups excluding carboxylic acids is 1. The van der Waals surface area contributed by atoms with Crippen molar-refractivity contribution in [3.05, 3.63) is 29.1 Å². The van der Waals surface area contributed by atoms with Crippen LogP contribution in [0.4, 0.5) is 0 Å². The Morgan fingerprint density at radius 1 is 1.00 bits per heavy atom. The van der Waals surface area contributed by atoms with Crippen LogP contribution in [0.2, 0.25) is 0 Å². The van der Waals surface area contributed by atoms with Crippen LogP contribution >= 0.6 is 11.8 Å². The Balaban J connectivity index is 1.28. The van der Waals surface area contributed by atoms with Gasteiger partial charge >= 0.3 is 0 Å². The number of thioether (sulfide) groups is 1. The maximum absolute atomic E-state index is 12.8. The molecule has 174 valence electrons. The van der Waals surface area contributed by atoms with Crippen molar-refractivity contribution >= 4 is 17.7 Å². The van der Waals surface area contributed by atoms with Crippen LogP contribution < -0.4 is 9.47 Å². The van der Waals surface area contributed by atoms with Crippen molar-refractivity contribution in [1.82, 2.24) is 24.6 Å². The number of carbonyl (C=O) groups is 1. The van der Waals surface area contributed by atoms with E-state index in [1.807, 2.05) is 11.0 Å². The Bertz CT molecular complexity index is 940. The third kappa shape index (κ3) is 5.20. The Kier molecular flexibility index (Phi) is 7.57. The number of ether oxygens (including phenoxy) is 2. The molecule has 1 amide bonds. The number of nitrogens with zero attached hydrogens (tertiary/aromatic N) is 5. The number of benzene rings is 1. The third-order valence-corrected chi connectivity index (χ3v) is 7.31. The molecule has 1 saturated heterocycles. The molecule has 2 aliphatic heterocycles. The van der Waals surface area contributed by atoms with Crippen molar-refractivity contribution in [1.29, 1.82) is 0 Å². The van der Waals surface area contributed by atoms with E-state index in [0.717, 1.165) is 74.6 Å². The molecule has 4 rings (SSSR count). The second kappa shape index (κ2) is 10.6. The lowest BCUT2D eigenvalue weighted by molar-refractivity contribution is -0.130. The number of aromatic nitrogens is 3. The van der Waals surface area contributed by atoms with Crippen LogP contribution in [-0.2, 0) is 24.3 Å². The SMILES string of the molecule is COc1cc(C)c(CN2CCN(C(=O)CSc3nnc4n3CCCCC4)CC2)cc1OC. The van der Waals surface area contributed by atoms with Crippen molar-refractivity contribution in [2.45, 2.75) is 50.9 Å². The summed E-state index contributed by atoms with van der Waals surface area (Å²) < 4.78 is 13.1. The molecule has 0 unspecified atom stereocenters. The number of piperazine rings is 1. The molecule has 1 aromatic carbocycles. The zero-order chi connectivity index (χ0) is 22.5. The van der Waals surface area contributed by atoms with Gasteiger partial charge in [0.15, 0.2) is 16.7 Å². The van der Waals surface area contributed by atoms with Gasteiger partial charge in [-0.05, 0) is 43.0 Å². The van der Waals surface area contributed by atoms with Crippen LogP contribution in [0.3, 0.4) is 0 Å². The highest BCUT2D eigenvalue weighted by molar-refractivity contribution is 7.99. The summed E-state index contributed by atoms with van der Waals surface area (Å²) in [4.78, 5) is 17.2. The predicted octanol–water partition coefficient (Wildman–Crippen LogP) is 2.77. The highest BCUT2D eigenvalue weighted by atomic mass is 32.2. The van der Waals surface area contributed by atoms with Gasteiger partial charge in [-0.2, -0.15) is 0 Å². The second-order valence-electron chi connectivity index (χ2n) is 8.44. The molecular weight excluding hydrogens is 426 g/mol. The van der Waals surface area contributed by atoms with Gasteiger partial charge in [0.05, 0.1) is 20.0 Å². The molecule has 0 atom stereocenters. The fourth-order valence-corrected chi connectivity index (χ4v) is 5.26. The number of aryl methyl sites for hydroxylation is 2. The van der Waals surface area contributed by atoms with Crippen LogP contribution in [-0.4, -0.2) is 76.6 Å². The summed E-state index contributed by atoms with van der Waals surface area (Å²) in [7, 11) is 3.32. The van der Waals surface area contributed by atoms with Crippen LogP contribution in [0.15, 0.2) is 17.3 Å². The van der Waals surface area contributed by atoms with Crippen LogP contribution in [0.1, 0.15) is 36.2 Å². The minimum Gasteiger partial charge on any atom is -0.493 e. The maximum atomic E-state index is 12.8. The number of rotatable bonds is 7. The predicted molar refractivity (Wildman–Crippen MR) is 124 cm³/mol. The van der Waals surface area contributed by atoms with Gasteiger partial charge in [-0.15, -0.1) is 10.2 Å². The molecule has 1 aromatic heterocycles. The Morgan fingerprint density at radius 3 is 2.50 bits per heavy atom. The summed E-state index contributed by atoms with van der Waals surface area (Å²) in [6.07, 6.45) is 4.56. The topological polar surface area (TPSA) is 72.7 Å². The number of hydrogen-bond acceptors (Lipinski definition) is 7. The van der Waals surface area contributed by atoms with E-state index in [-0.39, 0.29) is 5.91 Å². The average molecular weight is 460 g/mol. The van der Waals surface area contributed by atoms with Crippen molar-refractivity contribution < 1.29 is 14.3 Å². The standard InChI is InChI=1S/C23H33N5O3S/c1-17-13-19(30-2)20(31-3)14-18(17)15-26-9-11-27(12-10-26)22(29)16-32-23-25-24-21-7-5-4-6-8-28(21)23/h13-14H,4-12,15-16H2,1-3H3. The molecule has 2 aliphatic rings. The van der Waals surface area contributed by atoms with Crippen LogP contribution in [0, 0.1) is 6.92 Å². The third-order valence-electron chi connectivity index (χ3n) is 6.36. The lowest BCUT2D eigenvalue weighted by atomic mass is 10.1. The first kappa shape index (κ1) is 22.9. The molecule has 0 aliphatic carbocycles. The number of amides is 1. The fourth-order valence-electron chi connectivity index (χ4n) is 4.37. The zero-order valence-corrected chi connectivity index (χ0v) is 20.1. The summed E-state index contributed by atoms with van der Waals surface area (Å²) in [6.45, 7) is 7.14. The van der Waals surface area contributed by atoms with E-state index in [1.54, 1.807) is 14.2 Å². The van der Waals surface area contributed by atoms with E-state index in [9.17, 15) is 4.79 Å². The van der Waals surface area contributed by atoms with Gasteiger partial charge in [0.25, 0.3) is 0 Å². The molecular formula is C23H33N5O3S. The van der Waals surface area contributed by atoms with Gasteiger partial charge in [-0.1, -0.05) is 18.2 Å². The Labute approximate surface area is 194 Å². The number of hydrogen-bond donors (Lipinski definition) is 0. The van der Waals surface area contributed by atoms with Crippen molar-refractivity contribution in [2.24, 2.45) is 0 Å². The van der Waals surface area contributed by atoms with Crippen molar-refractivity contribution in [2.75, 3.05) is 46.2 Å². The van der Waals surface area contributed by atoms with E-state index in [0.29, 0.717) is 5.75 Å². The quantitative estimate of drug-likeness (QED) is 0.590. The second-order valence-corrected chi connectivity index (χ2v) is 9.38. The zero-order valence-electron chi connectivity index (χ0n) is 19.3. The largest absolute Gasteiger partial charge is 0.493 e.